The highest BCUT2D eigenvalue weighted by Crippen LogP contribution is 2.15. The fraction of sp³-hybridized carbons (Fsp3) is 1.00. The first-order valence-corrected chi connectivity index (χ1v) is 3.93. The van der Waals surface area contributed by atoms with Crippen LogP contribution < -0.4 is 5.32 Å². The molecule has 0 aliphatic carbocycles. The van der Waals surface area contributed by atoms with Crippen molar-refractivity contribution in [2.45, 2.75) is 12.3 Å². The number of halogens is 3. The summed E-state index contributed by atoms with van der Waals surface area (Å²) in [5, 5.41) is 11.8. The van der Waals surface area contributed by atoms with Crippen LogP contribution in [-0.4, -0.2) is 56.0 Å². The van der Waals surface area contributed by atoms with Gasteiger partial charge >= 0.3 is 6.18 Å². The van der Waals surface area contributed by atoms with Crippen molar-refractivity contribution in [3.63, 3.8) is 0 Å². The van der Waals surface area contributed by atoms with E-state index >= 15 is 0 Å². The first kappa shape index (κ1) is 12.7. The summed E-state index contributed by atoms with van der Waals surface area (Å²) in [6, 6.07) is 0. The van der Waals surface area contributed by atoms with E-state index in [2.05, 4.69) is 5.32 Å². The fourth-order valence-electron chi connectivity index (χ4n) is 1.03. The maximum absolute atomic E-state index is 11.8. The van der Waals surface area contributed by atoms with Crippen molar-refractivity contribution in [2.75, 3.05) is 33.7 Å². The third-order valence-electron chi connectivity index (χ3n) is 1.41. The van der Waals surface area contributed by atoms with E-state index in [1.807, 2.05) is 0 Å². The highest BCUT2D eigenvalue weighted by atomic mass is 19.4. The molecule has 0 rings (SSSR count). The Morgan fingerprint density at radius 1 is 1.46 bits per heavy atom. The zero-order valence-corrected chi connectivity index (χ0v) is 7.73. The minimum absolute atomic E-state index is 0.0142. The highest BCUT2D eigenvalue weighted by Gasteiger charge is 2.29. The maximum Gasteiger partial charge on any atom is 0.401 e. The normalized spacial score (nSPS) is 15.0. The lowest BCUT2D eigenvalue weighted by molar-refractivity contribution is -0.145. The van der Waals surface area contributed by atoms with E-state index in [4.69, 9.17) is 5.11 Å². The van der Waals surface area contributed by atoms with Gasteiger partial charge in [0.15, 0.2) is 0 Å². The Labute approximate surface area is 75.5 Å². The summed E-state index contributed by atoms with van der Waals surface area (Å²) in [6.45, 7) is -0.684. The third kappa shape index (κ3) is 8.01. The first-order valence-electron chi connectivity index (χ1n) is 3.93. The van der Waals surface area contributed by atoms with Crippen molar-refractivity contribution < 1.29 is 18.3 Å². The van der Waals surface area contributed by atoms with Crippen molar-refractivity contribution >= 4 is 0 Å². The van der Waals surface area contributed by atoms with Gasteiger partial charge in [-0.3, -0.25) is 4.90 Å². The smallest absolute Gasteiger partial charge is 0.390 e. The van der Waals surface area contributed by atoms with E-state index in [0.717, 1.165) is 4.90 Å². The maximum atomic E-state index is 11.8. The Morgan fingerprint density at radius 2 is 2.00 bits per heavy atom. The third-order valence-corrected chi connectivity index (χ3v) is 1.41. The van der Waals surface area contributed by atoms with Crippen LogP contribution in [-0.2, 0) is 0 Å². The van der Waals surface area contributed by atoms with Crippen molar-refractivity contribution in [3.8, 4) is 0 Å². The van der Waals surface area contributed by atoms with E-state index in [9.17, 15) is 13.2 Å². The Balaban J connectivity index is 3.67. The topological polar surface area (TPSA) is 35.5 Å². The minimum Gasteiger partial charge on any atom is -0.390 e. The Morgan fingerprint density at radius 3 is 2.38 bits per heavy atom. The van der Waals surface area contributed by atoms with E-state index < -0.39 is 18.8 Å². The van der Waals surface area contributed by atoms with Crippen LogP contribution in [0.25, 0.3) is 0 Å². The molecule has 0 saturated heterocycles. The fourth-order valence-corrected chi connectivity index (χ4v) is 1.03. The standard InChI is InChI=1S/C7H15F3N2O/c1-11-3-6(13)4-12(2)5-7(8,9)10/h6,11,13H,3-5H2,1-2H3. The Hall–Kier alpha value is -0.330. The summed E-state index contributed by atoms with van der Waals surface area (Å²) >= 11 is 0. The van der Waals surface area contributed by atoms with Gasteiger partial charge in [-0.2, -0.15) is 13.2 Å². The number of hydrogen-bond donors (Lipinski definition) is 2. The van der Waals surface area contributed by atoms with Gasteiger partial charge in [0, 0.05) is 13.1 Å². The van der Waals surface area contributed by atoms with Crippen molar-refractivity contribution in [3.05, 3.63) is 0 Å². The molecule has 0 fully saturated rings. The van der Waals surface area contributed by atoms with E-state index in [1.165, 1.54) is 7.05 Å². The largest absolute Gasteiger partial charge is 0.401 e. The Kier molecular flexibility index (Phi) is 5.27. The number of aliphatic hydroxyl groups is 1. The molecule has 0 aliphatic heterocycles. The zero-order valence-electron chi connectivity index (χ0n) is 7.73. The second-order valence-electron chi connectivity index (χ2n) is 3.02. The second-order valence-corrected chi connectivity index (χ2v) is 3.02. The first-order chi connectivity index (χ1) is 5.85. The van der Waals surface area contributed by atoms with Gasteiger partial charge in [-0.1, -0.05) is 0 Å². The molecule has 0 amide bonds. The molecule has 0 bridgehead atoms. The SMILES string of the molecule is CNCC(O)CN(C)CC(F)(F)F. The number of rotatable bonds is 5. The lowest BCUT2D eigenvalue weighted by Crippen LogP contribution is -2.39. The molecule has 80 valence electrons. The molecule has 1 atom stereocenters. The van der Waals surface area contributed by atoms with Crippen LogP contribution in [0.3, 0.4) is 0 Å². The van der Waals surface area contributed by atoms with Gasteiger partial charge in [-0.15, -0.1) is 0 Å². The number of alkyl halides is 3. The molecule has 0 aliphatic rings. The van der Waals surface area contributed by atoms with Crippen LogP contribution in [0.1, 0.15) is 0 Å². The van der Waals surface area contributed by atoms with Gasteiger partial charge in [0.05, 0.1) is 12.6 Å². The summed E-state index contributed by atoms with van der Waals surface area (Å²) in [5.41, 5.74) is 0. The molecule has 0 spiro atoms. The average Bonchev–Trinajstić information content (AvgIpc) is 1.81. The average molecular weight is 200 g/mol. The summed E-state index contributed by atoms with van der Waals surface area (Å²) in [6.07, 6.45) is -4.97. The van der Waals surface area contributed by atoms with Gasteiger partial charge in [-0.05, 0) is 14.1 Å². The van der Waals surface area contributed by atoms with E-state index in [0.29, 0.717) is 6.54 Å². The second kappa shape index (κ2) is 5.41. The summed E-state index contributed by atoms with van der Waals surface area (Å²) in [4.78, 5) is 1.04. The molecule has 13 heavy (non-hydrogen) atoms. The van der Waals surface area contributed by atoms with Crippen LogP contribution in [0, 0.1) is 0 Å². The predicted molar refractivity (Wildman–Crippen MR) is 43.5 cm³/mol. The van der Waals surface area contributed by atoms with Gasteiger partial charge in [0.25, 0.3) is 0 Å². The molecule has 2 N–H and O–H groups in total. The zero-order chi connectivity index (χ0) is 10.5. The lowest BCUT2D eigenvalue weighted by atomic mass is 10.3. The van der Waals surface area contributed by atoms with Crippen LogP contribution in [0.2, 0.25) is 0 Å². The molecule has 0 aromatic rings. The summed E-state index contributed by atoms with van der Waals surface area (Å²) in [7, 11) is 2.96. The molecule has 0 heterocycles. The molecule has 0 saturated carbocycles. The molecular weight excluding hydrogens is 185 g/mol. The van der Waals surface area contributed by atoms with E-state index in [-0.39, 0.29) is 6.54 Å². The summed E-state index contributed by atoms with van der Waals surface area (Å²) < 4.78 is 35.4. The van der Waals surface area contributed by atoms with Crippen molar-refractivity contribution in [1.82, 2.24) is 10.2 Å². The van der Waals surface area contributed by atoms with Crippen LogP contribution in [0.15, 0.2) is 0 Å². The number of aliphatic hydroxyl groups excluding tert-OH is 1. The molecule has 0 aromatic carbocycles. The Bertz CT molecular complexity index is 140. The van der Waals surface area contributed by atoms with Crippen molar-refractivity contribution in [1.29, 1.82) is 0 Å². The van der Waals surface area contributed by atoms with Crippen molar-refractivity contribution in [2.24, 2.45) is 0 Å². The lowest BCUT2D eigenvalue weighted by Gasteiger charge is -2.21. The number of nitrogens with zero attached hydrogens (tertiary/aromatic N) is 1. The van der Waals surface area contributed by atoms with Gasteiger partial charge in [-0.25, -0.2) is 0 Å². The molecular formula is C7H15F3N2O. The van der Waals surface area contributed by atoms with Gasteiger partial charge in [0.2, 0.25) is 0 Å². The molecule has 0 radical (unpaired) electrons. The monoisotopic (exact) mass is 200 g/mol. The summed E-state index contributed by atoms with van der Waals surface area (Å²) in [5.74, 6) is 0. The van der Waals surface area contributed by atoms with Gasteiger partial charge in [0.1, 0.15) is 0 Å². The highest BCUT2D eigenvalue weighted by molar-refractivity contribution is 4.65. The molecule has 1 unspecified atom stereocenters. The van der Waals surface area contributed by atoms with Crippen LogP contribution >= 0.6 is 0 Å². The quantitative estimate of drug-likeness (QED) is 0.658. The molecule has 3 nitrogen and oxygen atoms in total. The van der Waals surface area contributed by atoms with Crippen LogP contribution in [0.5, 0.6) is 0 Å². The number of likely N-dealkylation sites (N-methyl/N-ethyl adjacent to an activating group) is 2. The number of hydrogen-bond acceptors (Lipinski definition) is 3. The minimum atomic E-state index is -4.20. The van der Waals surface area contributed by atoms with Gasteiger partial charge < -0.3 is 10.4 Å². The predicted octanol–water partition coefficient (Wildman–Crippen LogP) is 0.0608. The van der Waals surface area contributed by atoms with E-state index in [1.54, 1.807) is 7.05 Å². The number of nitrogens with one attached hydrogen (secondary N) is 1. The molecule has 6 heteroatoms. The van der Waals surface area contributed by atoms with Crippen LogP contribution in [0.4, 0.5) is 13.2 Å². The molecule has 0 aromatic heterocycles.